The summed E-state index contributed by atoms with van der Waals surface area (Å²) >= 11 is 0. The first-order valence-electron chi connectivity index (χ1n) is 10.8. The lowest BCUT2D eigenvalue weighted by Crippen LogP contribution is -2.21. The van der Waals surface area contributed by atoms with E-state index in [0.29, 0.717) is 54.3 Å². The summed E-state index contributed by atoms with van der Waals surface area (Å²) in [6.07, 6.45) is 0. The highest BCUT2D eigenvalue weighted by Gasteiger charge is 2.34. The van der Waals surface area contributed by atoms with Gasteiger partial charge in [0.15, 0.2) is 23.0 Å². The fourth-order valence-electron chi connectivity index (χ4n) is 3.87. The lowest BCUT2D eigenvalue weighted by atomic mass is 9.84. The van der Waals surface area contributed by atoms with Crippen LogP contribution in [0.25, 0.3) is 0 Å². The maximum Gasteiger partial charge on any atom is 0.244 e. The fraction of sp³-hybridized carbons (Fsp3) is 0.280. The van der Waals surface area contributed by atoms with Crippen LogP contribution in [0.5, 0.6) is 28.9 Å². The highest BCUT2D eigenvalue weighted by Crippen LogP contribution is 2.44. The van der Waals surface area contributed by atoms with Crippen molar-refractivity contribution < 1.29 is 23.7 Å². The normalized spacial score (nSPS) is 14.6. The number of fused-ring (bicyclic) bond motifs is 1. The molecule has 1 aliphatic rings. The van der Waals surface area contributed by atoms with Gasteiger partial charge in [0.2, 0.25) is 11.8 Å². The van der Waals surface area contributed by atoms with Crippen LogP contribution in [0.4, 0.5) is 0 Å². The zero-order chi connectivity index (χ0) is 24.1. The van der Waals surface area contributed by atoms with E-state index < -0.39 is 5.92 Å². The van der Waals surface area contributed by atoms with E-state index in [1.165, 1.54) is 0 Å². The zero-order valence-electron chi connectivity index (χ0n) is 19.3. The first kappa shape index (κ1) is 22.9. The van der Waals surface area contributed by atoms with Crippen molar-refractivity contribution in [1.82, 2.24) is 10.2 Å². The van der Waals surface area contributed by atoms with Gasteiger partial charge in [0.25, 0.3) is 0 Å². The molecule has 0 saturated heterocycles. The van der Waals surface area contributed by atoms with E-state index in [4.69, 9.17) is 29.4 Å². The predicted molar refractivity (Wildman–Crippen MR) is 124 cm³/mol. The summed E-state index contributed by atoms with van der Waals surface area (Å²) in [5, 5.41) is 16.8. The monoisotopic (exact) mass is 462 g/mol. The number of hydrogen-bond acceptors (Lipinski definition) is 8. The second-order valence-electron chi connectivity index (χ2n) is 7.48. The summed E-state index contributed by atoms with van der Waals surface area (Å²) in [6.45, 7) is 4.84. The number of allylic oxidation sites excluding steroid dienone is 1. The van der Waals surface area contributed by atoms with Crippen LogP contribution in [-0.2, 0) is 0 Å². The predicted octanol–water partition coefficient (Wildman–Crippen LogP) is 3.80. The van der Waals surface area contributed by atoms with Gasteiger partial charge in [-0.3, -0.25) is 5.10 Å². The van der Waals surface area contributed by atoms with Crippen LogP contribution < -0.4 is 29.4 Å². The Morgan fingerprint density at radius 3 is 2.44 bits per heavy atom. The molecule has 176 valence electrons. The highest BCUT2D eigenvalue weighted by molar-refractivity contribution is 5.57. The molecule has 0 spiro atoms. The Morgan fingerprint density at radius 2 is 1.76 bits per heavy atom. The third kappa shape index (κ3) is 4.43. The molecule has 0 amide bonds. The number of nitrogens with zero attached hydrogens (tertiary/aromatic N) is 2. The van der Waals surface area contributed by atoms with Gasteiger partial charge < -0.3 is 29.4 Å². The molecule has 2 heterocycles. The number of aromatic nitrogens is 2. The number of nitrogens with two attached hydrogens (primary N) is 1. The third-order valence-corrected chi connectivity index (χ3v) is 5.40. The van der Waals surface area contributed by atoms with Crippen LogP contribution in [0.1, 0.15) is 29.7 Å². The Bertz CT molecular complexity index is 1240. The molecule has 0 saturated carbocycles. The van der Waals surface area contributed by atoms with E-state index in [-0.39, 0.29) is 5.88 Å². The molecule has 0 aliphatic carbocycles. The number of methoxy groups -OCH3 is 1. The van der Waals surface area contributed by atoms with Crippen molar-refractivity contribution in [2.45, 2.75) is 19.8 Å². The number of benzene rings is 2. The first-order valence-corrected chi connectivity index (χ1v) is 10.8. The van der Waals surface area contributed by atoms with Crippen molar-refractivity contribution in [3.63, 3.8) is 0 Å². The second kappa shape index (κ2) is 10.1. The third-order valence-electron chi connectivity index (χ3n) is 5.40. The summed E-state index contributed by atoms with van der Waals surface area (Å²) in [5.41, 5.74) is 8.72. The summed E-state index contributed by atoms with van der Waals surface area (Å²) < 4.78 is 28.4. The van der Waals surface area contributed by atoms with Gasteiger partial charge in [-0.1, -0.05) is 18.2 Å². The lowest BCUT2D eigenvalue weighted by molar-refractivity contribution is 0.203. The summed E-state index contributed by atoms with van der Waals surface area (Å²) in [6, 6.07) is 15.2. The molecule has 1 atom stereocenters. The Kier molecular flexibility index (Phi) is 6.78. The number of ether oxygens (including phenoxy) is 5. The van der Waals surface area contributed by atoms with Crippen LogP contribution in [-0.4, -0.2) is 37.1 Å². The summed E-state index contributed by atoms with van der Waals surface area (Å²) in [4.78, 5) is 0. The van der Waals surface area contributed by atoms with Crippen molar-refractivity contribution in [2.75, 3.05) is 26.9 Å². The number of rotatable bonds is 9. The number of hydrogen-bond donors (Lipinski definition) is 2. The Balaban J connectivity index is 1.55. The maximum absolute atomic E-state index is 9.77. The molecule has 0 bridgehead atoms. The topological polar surface area (TPSA) is 125 Å². The van der Waals surface area contributed by atoms with E-state index in [1.54, 1.807) is 7.11 Å². The largest absolute Gasteiger partial charge is 0.493 e. The number of nitrogens with one attached hydrogen (secondary N) is 1. The SMILES string of the molecule is CCOc1cc(C2C(C#N)=C(N)Oc3n[nH]c(C)c32)ccc1OCCOc1ccccc1OC. The molecule has 34 heavy (non-hydrogen) atoms. The molecule has 1 unspecified atom stereocenters. The van der Waals surface area contributed by atoms with Gasteiger partial charge in [0.05, 0.1) is 19.6 Å². The molecule has 9 heteroatoms. The van der Waals surface area contributed by atoms with E-state index in [2.05, 4.69) is 16.3 Å². The molecule has 2 aromatic carbocycles. The lowest BCUT2D eigenvalue weighted by Gasteiger charge is -2.24. The minimum Gasteiger partial charge on any atom is -0.493 e. The molecule has 0 radical (unpaired) electrons. The van der Waals surface area contributed by atoms with Crippen LogP contribution in [0.3, 0.4) is 0 Å². The molecule has 1 aliphatic heterocycles. The maximum atomic E-state index is 9.77. The van der Waals surface area contributed by atoms with E-state index in [9.17, 15) is 5.26 Å². The quantitative estimate of drug-likeness (QED) is 0.460. The molecule has 4 rings (SSSR count). The van der Waals surface area contributed by atoms with Gasteiger partial charge in [0.1, 0.15) is 24.9 Å². The summed E-state index contributed by atoms with van der Waals surface area (Å²) in [5.74, 6) is 2.41. The Morgan fingerprint density at radius 1 is 1.06 bits per heavy atom. The number of nitriles is 1. The standard InChI is InChI=1S/C25H26N4O5/c1-4-31-21-13-16(23-17(14-26)24(27)34-25-22(23)15(2)28-29-25)9-10-20(21)33-12-11-32-19-8-6-5-7-18(19)30-3/h5-10,13,23H,4,11-12,27H2,1-3H3,(H,28,29). The Labute approximate surface area is 197 Å². The van der Waals surface area contributed by atoms with Crippen molar-refractivity contribution in [3.8, 4) is 34.9 Å². The number of H-pyrrole nitrogens is 1. The number of aromatic amines is 1. The van der Waals surface area contributed by atoms with Gasteiger partial charge in [-0.2, -0.15) is 5.26 Å². The molecule has 3 N–H and O–H groups in total. The molecular weight excluding hydrogens is 436 g/mol. The summed E-state index contributed by atoms with van der Waals surface area (Å²) in [7, 11) is 1.60. The van der Waals surface area contributed by atoms with Gasteiger partial charge in [0, 0.05) is 11.3 Å². The van der Waals surface area contributed by atoms with Crippen molar-refractivity contribution in [2.24, 2.45) is 5.73 Å². The van der Waals surface area contributed by atoms with E-state index in [0.717, 1.165) is 16.8 Å². The average molecular weight is 463 g/mol. The molecule has 0 fully saturated rings. The minimum absolute atomic E-state index is 0.0401. The van der Waals surface area contributed by atoms with Crippen LogP contribution in [0, 0.1) is 18.3 Å². The molecule has 9 nitrogen and oxygen atoms in total. The minimum atomic E-state index is -0.436. The molecule has 3 aromatic rings. The Hall–Kier alpha value is -4.32. The van der Waals surface area contributed by atoms with Crippen LogP contribution >= 0.6 is 0 Å². The highest BCUT2D eigenvalue weighted by atomic mass is 16.5. The van der Waals surface area contributed by atoms with Gasteiger partial charge >= 0.3 is 0 Å². The van der Waals surface area contributed by atoms with E-state index in [1.807, 2.05) is 56.3 Å². The molecule has 1 aromatic heterocycles. The number of para-hydroxylation sites is 2. The van der Waals surface area contributed by atoms with Gasteiger partial charge in [-0.15, -0.1) is 5.10 Å². The smallest absolute Gasteiger partial charge is 0.244 e. The number of aryl methyl sites for hydroxylation is 1. The van der Waals surface area contributed by atoms with Crippen molar-refractivity contribution in [3.05, 3.63) is 70.7 Å². The first-order chi connectivity index (χ1) is 16.6. The van der Waals surface area contributed by atoms with Crippen LogP contribution in [0.15, 0.2) is 53.9 Å². The van der Waals surface area contributed by atoms with E-state index >= 15 is 0 Å². The fourth-order valence-corrected chi connectivity index (χ4v) is 3.87. The van der Waals surface area contributed by atoms with Crippen molar-refractivity contribution in [1.29, 1.82) is 5.26 Å². The van der Waals surface area contributed by atoms with Gasteiger partial charge in [-0.05, 0) is 43.7 Å². The zero-order valence-corrected chi connectivity index (χ0v) is 19.3. The second-order valence-corrected chi connectivity index (χ2v) is 7.48. The van der Waals surface area contributed by atoms with Gasteiger partial charge in [-0.25, -0.2) is 0 Å². The van der Waals surface area contributed by atoms with Crippen molar-refractivity contribution >= 4 is 0 Å². The average Bonchev–Trinajstić information content (AvgIpc) is 3.21. The van der Waals surface area contributed by atoms with Crippen LogP contribution in [0.2, 0.25) is 0 Å². The molecular formula is C25H26N4O5.